The molecule has 0 bridgehead atoms. The first kappa shape index (κ1) is 20.2. The first-order valence-corrected chi connectivity index (χ1v) is 7.90. The number of carbonyl (C=O) groups is 2. The van der Waals surface area contributed by atoms with Crippen molar-refractivity contribution in [3.8, 4) is 0 Å². The van der Waals surface area contributed by atoms with Crippen LogP contribution in [0.1, 0.15) is 22.8 Å². The Balaban J connectivity index is 2.00. The fourth-order valence-corrected chi connectivity index (χ4v) is 2.07. The van der Waals surface area contributed by atoms with Gasteiger partial charge in [0, 0.05) is 26.0 Å². The van der Waals surface area contributed by atoms with Gasteiger partial charge < -0.3 is 15.0 Å². The summed E-state index contributed by atoms with van der Waals surface area (Å²) in [5.74, 6) is -0.873. The lowest BCUT2D eigenvalue weighted by molar-refractivity contribution is -0.137. The van der Waals surface area contributed by atoms with Crippen LogP contribution in [0.4, 0.5) is 24.7 Å². The van der Waals surface area contributed by atoms with Crippen molar-refractivity contribution in [2.24, 2.45) is 0 Å². The second-order valence-corrected chi connectivity index (χ2v) is 5.91. The van der Waals surface area contributed by atoms with E-state index in [9.17, 15) is 22.8 Å². The molecule has 9 heteroatoms. The second-order valence-electron chi connectivity index (χ2n) is 5.91. The van der Waals surface area contributed by atoms with E-state index >= 15 is 0 Å². The average molecular weight is 381 g/mol. The van der Waals surface area contributed by atoms with Gasteiger partial charge in [-0.1, -0.05) is 6.07 Å². The van der Waals surface area contributed by atoms with E-state index in [1.54, 1.807) is 25.1 Å². The fraction of sp³-hybridized carbons (Fsp3) is 0.278. The van der Waals surface area contributed by atoms with Crippen LogP contribution in [0.2, 0.25) is 0 Å². The predicted molar refractivity (Wildman–Crippen MR) is 93.5 cm³/mol. The first-order valence-electron chi connectivity index (χ1n) is 7.90. The summed E-state index contributed by atoms with van der Waals surface area (Å²) in [5.41, 5.74) is -0.786. The molecule has 1 aromatic carbocycles. The Bertz CT molecular complexity index is 821. The molecule has 0 aliphatic carbocycles. The number of nitrogens with zero attached hydrogens (tertiary/aromatic N) is 2. The summed E-state index contributed by atoms with van der Waals surface area (Å²) < 4.78 is 43.2. The van der Waals surface area contributed by atoms with Crippen LogP contribution in [-0.4, -0.2) is 37.1 Å². The van der Waals surface area contributed by atoms with Crippen molar-refractivity contribution in [3.63, 3.8) is 0 Å². The Kier molecular flexibility index (Phi) is 6.04. The quantitative estimate of drug-likeness (QED) is 0.805. The monoisotopic (exact) mass is 381 g/mol. The van der Waals surface area contributed by atoms with Gasteiger partial charge in [0.2, 0.25) is 0 Å². The Morgan fingerprint density at radius 1 is 1.19 bits per heavy atom. The van der Waals surface area contributed by atoms with E-state index in [2.05, 4.69) is 10.3 Å². The molecule has 2 rings (SSSR count). The number of esters is 1. The maximum absolute atomic E-state index is 12.7. The molecule has 1 heterocycles. The van der Waals surface area contributed by atoms with Crippen molar-refractivity contribution in [1.29, 1.82) is 0 Å². The number of rotatable bonds is 5. The Morgan fingerprint density at radius 2 is 1.89 bits per heavy atom. The summed E-state index contributed by atoms with van der Waals surface area (Å²) in [6.45, 7) is 1.32. The highest BCUT2D eigenvalue weighted by molar-refractivity contribution is 5.97. The normalized spacial score (nSPS) is 12.2. The molecule has 0 aliphatic rings. The molecule has 1 unspecified atom stereocenters. The second kappa shape index (κ2) is 8.07. The number of halogens is 3. The van der Waals surface area contributed by atoms with Crippen LogP contribution in [0.3, 0.4) is 0 Å². The summed E-state index contributed by atoms with van der Waals surface area (Å²) in [5, 5.41) is 2.30. The molecule has 0 aliphatic heterocycles. The number of hydrogen-bond donors (Lipinski definition) is 1. The van der Waals surface area contributed by atoms with Crippen LogP contribution in [0.25, 0.3) is 0 Å². The van der Waals surface area contributed by atoms with Crippen LogP contribution in [0.15, 0.2) is 42.6 Å². The van der Waals surface area contributed by atoms with Crippen LogP contribution in [0.5, 0.6) is 0 Å². The molecule has 1 aromatic heterocycles. The van der Waals surface area contributed by atoms with Gasteiger partial charge in [-0.15, -0.1) is 0 Å². The molecular weight excluding hydrogens is 363 g/mol. The molecule has 1 amide bonds. The number of alkyl halides is 3. The van der Waals surface area contributed by atoms with E-state index in [1.807, 2.05) is 0 Å². The number of hydrogen-bond acceptors (Lipinski definition) is 5. The molecule has 2 aromatic rings. The molecule has 0 saturated carbocycles. The number of amides is 1. The number of nitrogens with one attached hydrogen (secondary N) is 1. The van der Waals surface area contributed by atoms with E-state index in [0.717, 1.165) is 12.1 Å². The average Bonchev–Trinajstić information content (AvgIpc) is 2.61. The molecule has 0 radical (unpaired) electrons. The first-order chi connectivity index (χ1) is 12.6. The zero-order valence-corrected chi connectivity index (χ0v) is 14.9. The molecular formula is C18H18F3N3O3. The molecule has 1 atom stereocenters. The van der Waals surface area contributed by atoms with Crippen molar-refractivity contribution >= 4 is 23.4 Å². The van der Waals surface area contributed by atoms with Gasteiger partial charge in [0.05, 0.1) is 11.1 Å². The summed E-state index contributed by atoms with van der Waals surface area (Å²) in [7, 11) is 3.58. The highest BCUT2D eigenvalue weighted by atomic mass is 19.4. The van der Waals surface area contributed by atoms with E-state index in [0.29, 0.717) is 5.82 Å². The Morgan fingerprint density at radius 3 is 2.44 bits per heavy atom. The lowest BCUT2D eigenvalue weighted by Crippen LogP contribution is -2.30. The molecule has 6 nitrogen and oxygen atoms in total. The van der Waals surface area contributed by atoms with Crippen molar-refractivity contribution in [1.82, 2.24) is 4.98 Å². The third-order valence-corrected chi connectivity index (χ3v) is 3.55. The van der Waals surface area contributed by atoms with Crippen LogP contribution in [-0.2, 0) is 15.7 Å². The Hall–Kier alpha value is -3.10. The van der Waals surface area contributed by atoms with Gasteiger partial charge >= 0.3 is 12.1 Å². The highest BCUT2D eigenvalue weighted by Gasteiger charge is 2.30. The van der Waals surface area contributed by atoms with Crippen LogP contribution < -0.4 is 10.2 Å². The van der Waals surface area contributed by atoms with Gasteiger partial charge in [-0.3, -0.25) is 4.79 Å². The van der Waals surface area contributed by atoms with E-state index in [-0.39, 0.29) is 11.3 Å². The van der Waals surface area contributed by atoms with E-state index < -0.39 is 29.7 Å². The number of anilines is 2. The summed E-state index contributed by atoms with van der Waals surface area (Å²) in [6.07, 6.45) is -4.42. The minimum absolute atomic E-state index is 0.0465. The molecule has 144 valence electrons. The van der Waals surface area contributed by atoms with Gasteiger partial charge in [0.25, 0.3) is 5.91 Å². The molecule has 0 saturated heterocycles. The highest BCUT2D eigenvalue weighted by Crippen LogP contribution is 2.30. The van der Waals surface area contributed by atoms with Crippen molar-refractivity contribution < 1.29 is 27.5 Å². The maximum Gasteiger partial charge on any atom is 0.416 e. The van der Waals surface area contributed by atoms with Crippen molar-refractivity contribution in [2.45, 2.75) is 19.2 Å². The smallest absolute Gasteiger partial charge is 0.416 e. The standard InChI is InChI=1S/C18H18F3N3O3/c1-11(27-17(26)12-7-8-15(22-10-12)24(2)3)16(25)23-14-6-4-5-13(9-14)18(19,20)21/h4-11H,1-3H3,(H,23,25). The zero-order valence-electron chi connectivity index (χ0n) is 14.9. The van der Waals surface area contributed by atoms with Gasteiger partial charge in [-0.25, -0.2) is 9.78 Å². The summed E-state index contributed by atoms with van der Waals surface area (Å²) >= 11 is 0. The molecule has 27 heavy (non-hydrogen) atoms. The SMILES string of the molecule is CC(OC(=O)c1ccc(N(C)C)nc1)C(=O)Nc1cccc(C(F)(F)F)c1. The van der Waals surface area contributed by atoms with Gasteiger partial charge in [-0.05, 0) is 37.3 Å². The molecule has 0 fully saturated rings. The zero-order chi connectivity index (χ0) is 20.2. The fourth-order valence-electron chi connectivity index (χ4n) is 2.07. The van der Waals surface area contributed by atoms with Gasteiger partial charge in [0.15, 0.2) is 6.10 Å². The maximum atomic E-state index is 12.7. The number of pyridine rings is 1. The minimum Gasteiger partial charge on any atom is -0.449 e. The predicted octanol–water partition coefficient (Wildman–Crippen LogP) is 3.35. The number of carbonyl (C=O) groups excluding carboxylic acids is 2. The third-order valence-electron chi connectivity index (χ3n) is 3.55. The number of ether oxygens (including phenoxy) is 1. The number of benzene rings is 1. The lowest BCUT2D eigenvalue weighted by Gasteiger charge is -2.15. The largest absolute Gasteiger partial charge is 0.449 e. The van der Waals surface area contributed by atoms with Gasteiger partial charge in [-0.2, -0.15) is 13.2 Å². The van der Waals surface area contributed by atoms with E-state index in [1.165, 1.54) is 31.3 Å². The number of aromatic nitrogens is 1. The van der Waals surface area contributed by atoms with Crippen molar-refractivity contribution in [2.75, 3.05) is 24.3 Å². The lowest BCUT2D eigenvalue weighted by atomic mass is 10.2. The third kappa shape index (κ3) is 5.44. The summed E-state index contributed by atoms with van der Waals surface area (Å²) in [4.78, 5) is 30.0. The van der Waals surface area contributed by atoms with Gasteiger partial charge in [0.1, 0.15) is 5.82 Å². The molecule has 0 spiro atoms. The van der Waals surface area contributed by atoms with Crippen LogP contribution >= 0.6 is 0 Å². The topological polar surface area (TPSA) is 71.5 Å². The van der Waals surface area contributed by atoms with Crippen LogP contribution in [0, 0.1) is 0 Å². The van der Waals surface area contributed by atoms with E-state index in [4.69, 9.17) is 4.74 Å². The Labute approximate surface area is 154 Å². The molecule has 1 N–H and O–H groups in total. The van der Waals surface area contributed by atoms with Crippen molar-refractivity contribution in [3.05, 3.63) is 53.7 Å². The summed E-state index contributed by atoms with van der Waals surface area (Å²) in [6, 6.07) is 7.30. The minimum atomic E-state index is -4.52.